The summed E-state index contributed by atoms with van der Waals surface area (Å²) in [5, 5.41) is 11.4. The van der Waals surface area contributed by atoms with Crippen LogP contribution in [-0.4, -0.2) is 30.5 Å². The molecule has 0 radical (unpaired) electrons. The van der Waals surface area contributed by atoms with Crippen LogP contribution in [0, 0.1) is 13.8 Å². The van der Waals surface area contributed by atoms with Crippen molar-refractivity contribution in [2.75, 3.05) is 0 Å². The number of rotatable bonds is 4. The number of hydrogen-bond acceptors (Lipinski definition) is 4. The monoisotopic (exact) mass is 324 g/mol. The quantitative estimate of drug-likeness (QED) is 0.793. The molecule has 124 valence electrons. The Bertz CT molecular complexity index is 892. The van der Waals surface area contributed by atoms with Gasteiger partial charge in [0.2, 0.25) is 0 Å². The SMILES string of the molecule is Cc1nn(C)c(C)c1C(=O)NCc1cccnc1-c1cnn(C)c1. The highest BCUT2D eigenvalue weighted by Crippen LogP contribution is 2.20. The third-order valence-electron chi connectivity index (χ3n) is 4.05. The Hall–Kier alpha value is -2.96. The summed E-state index contributed by atoms with van der Waals surface area (Å²) in [6.45, 7) is 4.12. The summed E-state index contributed by atoms with van der Waals surface area (Å²) < 4.78 is 3.45. The molecular weight excluding hydrogens is 304 g/mol. The first-order valence-corrected chi connectivity index (χ1v) is 7.68. The van der Waals surface area contributed by atoms with Crippen LogP contribution in [0.25, 0.3) is 11.3 Å². The molecule has 0 aromatic carbocycles. The van der Waals surface area contributed by atoms with Crippen LogP contribution in [0.15, 0.2) is 30.7 Å². The van der Waals surface area contributed by atoms with E-state index >= 15 is 0 Å². The van der Waals surface area contributed by atoms with Crippen molar-refractivity contribution in [2.45, 2.75) is 20.4 Å². The highest BCUT2D eigenvalue weighted by molar-refractivity contribution is 5.96. The maximum absolute atomic E-state index is 12.5. The fourth-order valence-electron chi connectivity index (χ4n) is 2.75. The standard InChI is InChI=1S/C17H20N6O/c1-11-15(12(2)23(4)21-11)17(24)19-8-13-6-5-7-18-16(13)14-9-20-22(3)10-14/h5-7,9-10H,8H2,1-4H3,(H,19,24). The number of carbonyl (C=O) groups is 1. The molecule has 0 fully saturated rings. The number of aromatic nitrogens is 5. The zero-order valence-corrected chi connectivity index (χ0v) is 14.2. The van der Waals surface area contributed by atoms with Crippen molar-refractivity contribution in [3.63, 3.8) is 0 Å². The third-order valence-corrected chi connectivity index (χ3v) is 4.05. The Kier molecular flexibility index (Phi) is 4.16. The van der Waals surface area contributed by atoms with Gasteiger partial charge in [0.05, 0.1) is 23.1 Å². The van der Waals surface area contributed by atoms with Crippen LogP contribution < -0.4 is 5.32 Å². The molecule has 1 amide bonds. The van der Waals surface area contributed by atoms with E-state index < -0.39 is 0 Å². The average molecular weight is 324 g/mol. The zero-order chi connectivity index (χ0) is 17.3. The van der Waals surface area contributed by atoms with E-state index in [9.17, 15) is 4.79 Å². The van der Waals surface area contributed by atoms with E-state index in [0.29, 0.717) is 12.1 Å². The van der Waals surface area contributed by atoms with Gasteiger partial charge in [-0.15, -0.1) is 0 Å². The van der Waals surface area contributed by atoms with Gasteiger partial charge in [-0.2, -0.15) is 10.2 Å². The van der Waals surface area contributed by atoms with Crippen molar-refractivity contribution in [1.29, 1.82) is 0 Å². The minimum atomic E-state index is -0.126. The Balaban J connectivity index is 1.81. The molecule has 0 aliphatic rings. The Morgan fingerprint density at radius 2 is 2.08 bits per heavy atom. The van der Waals surface area contributed by atoms with Crippen molar-refractivity contribution in [2.24, 2.45) is 14.1 Å². The normalized spacial score (nSPS) is 10.8. The van der Waals surface area contributed by atoms with Crippen molar-refractivity contribution >= 4 is 5.91 Å². The predicted octanol–water partition coefficient (Wildman–Crippen LogP) is 1.76. The number of aryl methyl sites for hydroxylation is 3. The highest BCUT2D eigenvalue weighted by atomic mass is 16.1. The molecule has 0 aliphatic heterocycles. The lowest BCUT2D eigenvalue weighted by atomic mass is 10.1. The molecule has 0 aliphatic carbocycles. The second-order valence-corrected chi connectivity index (χ2v) is 5.77. The molecule has 7 heteroatoms. The van der Waals surface area contributed by atoms with E-state index in [4.69, 9.17) is 0 Å². The lowest BCUT2D eigenvalue weighted by Crippen LogP contribution is -2.24. The van der Waals surface area contributed by atoms with Gasteiger partial charge in [0.25, 0.3) is 5.91 Å². The topological polar surface area (TPSA) is 77.6 Å². The van der Waals surface area contributed by atoms with Crippen molar-refractivity contribution < 1.29 is 4.79 Å². The fourth-order valence-corrected chi connectivity index (χ4v) is 2.75. The number of nitrogens with one attached hydrogen (secondary N) is 1. The number of pyridine rings is 1. The fraction of sp³-hybridized carbons (Fsp3) is 0.294. The van der Waals surface area contributed by atoms with Gasteiger partial charge in [-0.1, -0.05) is 6.07 Å². The second-order valence-electron chi connectivity index (χ2n) is 5.77. The van der Waals surface area contributed by atoms with E-state index in [1.54, 1.807) is 21.8 Å². The minimum absolute atomic E-state index is 0.126. The first kappa shape index (κ1) is 15.9. The summed E-state index contributed by atoms with van der Waals surface area (Å²) in [6, 6.07) is 3.82. The summed E-state index contributed by atoms with van der Waals surface area (Å²) in [5.74, 6) is -0.126. The lowest BCUT2D eigenvalue weighted by molar-refractivity contribution is 0.0949. The summed E-state index contributed by atoms with van der Waals surface area (Å²) in [7, 11) is 3.70. The lowest BCUT2D eigenvalue weighted by Gasteiger charge is -2.09. The van der Waals surface area contributed by atoms with Gasteiger partial charge < -0.3 is 5.32 Å². The number of nitrogens with zero attached hydrogens (tertiary/aromatic N) is 5. The maximum atomic E-state index is 12.5. The molecule has 1 N–H and O–H groups in total. The summed E-state index contributed by atoms with van der Waals surface area (Å²) in [6.07, 6.45) is 5.41. The summed E-state index contributed by atoms with van der Waals surface area (Å²) >= 11 is 0. The van der Waals surface area contributed by atoms with Crippen LogP contribution in [0.1, 0.15) is 27.3 Å². The van der Waals surface area contributed by atoms with E-state index in [0.717, 1.165) is 28.2 Å². The first-order valence-electron chi connectivity index (χ1n) is 7.68. The molecule has 0 bridgehead atoms. The molecule has 24 heavy (non-hydrogen) atoms. The van der Waals surface area contributed by atoms with Crippen LogP contribution in [0.2, 0.25) is 0 Å². The minimum Gasteiger partial charge on any atom is -0.348 e. The Morgan fingerprint density at radius 3 is 2.71 bits per heavy atom. The zero-order valence-electron chi connectivity index (χ0n) is 14.2. The van der Waals surface area contributed by atoms with Crippen LogP contribution >= 0.6 is 0 Å². The van der Waals surface area contributed by atoms with Gasteiger partial charge in [0.1, 0.15) is 0 Å². The maximum Gasteiger partial charge on any atom is 0.255 e. The molecule has 0 unspecified atom stereocenters. The molecule has 0 spiro atoms. The van der Waals surface area contributed by atoms with E-state index in [1.165, 1.54) is 0 Å². The van der Waals surface area contributed by atoms with Crippen LogP contribution in [0.5, 0.6) is 0 Å². The molecular formula is C17H20N6O. The number of carbonyl (C=O) groups excluding carboxylic acids is 1. The first-order chi connectivity index (χ1) is 11.5. The predicted molar refractivity (Wildman–Crippen MR) is 90.3 cm³/mol. The van der Waals surface area contributed by atoms with E-state index in [1.807, 2.05) is 46.3 Å². The summed E-state index contributed by atoms with van der Waals surface area (Å²) in [5.41, 5.74) is 4.90. The number of hydrogen-bond donors (Lipinski definition) is 1. The summed E-state index contributed by atoms with van der Waals surface area (Å²) in [4.78, 5) is 17.0. The molecule has 3 aromatic heterocycles. The van der Waals surface area contributed by atoms with Gasteiger partial charge in [-0.3, -0.25) is 19.1 Å². The van der Waals surface area contributed by atoms with Crippen LogP contribution in [0.4, 0.5) is 0 Å². The third kappa shape index (κ3) is 2.92. The molecule has 3 rings (SSSR count). The number of amides is 1. The molecule has 0 atom stereocenters. The van der Waals surface area contributed by atoms with Crippen molar-refractivity contribution in [3.8, 4) is 11.3 Å². The van der Waals surface area contributed by atoms with Gasteiger partial charge in [-0.05, 0) is 25.5 Å². The highest BCUT2D eigenvalue weighted by Gasteiger charge is 2.17. The second kappa shape index (κ2) is 6.27. The van der Waals surface area contributed by atoms with Gasteiger partial charge in [-0.25, -0.2) is 0 Å². The van der Waals surface area contributed by atoms with E-state index in [-0.39, 0.29) is 5.91 Å². The van der Waals surface area contributed by atoms with Gasteiger partial charge >= 0.3 is 0 Å². The van der Waals surface area contributed by atoms with Gasteiger partial charge in [0, 0.05) is 44.3 Å². The largest absolute Gasteiger partial charge is 0.348 e. The smallest absolute Gasteiger partial charge is 0.255 e. The molecule has 3 heterocycles. The Morgan fingerprint density at radius 1 is 1.29 bits per heavy atom. The van der Waals surface area contributed by atoms with Crippen molar-refractivity contribution in [1.82, 2.24) is 29.9 Å². The molecule has 7 nitrogen and oxygen atoms in total. The molecule has 0 saturated heterocycles. The van der Waals surface area contributed by atoms with E-state index in [2.05, 4.69) is 20.5 Å². The molecule has 3 aromatic rings. The average Bonchev–Trinajstić information content (AvgIpc) is 3.09. The molecule has 0 saturated carbocycles. The van der Waals surface area contributed by atoms with Crippen molar-refractivity contribution in [3.05, 3.63) is 53.2 Å². The Labute approximate surface area is 140 Å². The van der Waals surface area contributed by atoms with Crippen LogP contribution in [-0.2, 0) is 20.6 Å². The van der Waals surface area contributed by atoms with Gasteiger partial charge in [0.15, 0.2) is 0 Å². The van der Waals surface area contributed by atoms with Crippen LogP contribution in [0.3, 0.4) is 0 Å².